The molecule has 1 unspecified atom stereocenters. The average Bonchev–Trinajstić information content (AvgIpc) is 2.66. The van der Waals surface area contributed by atoms with E-state index in [2.05, 4.69) is 50.2 Å². The van der Waals surface area contributed by atoms with Gasteiger partial charge in [-0.25, -0.2) is 0 Å². The predicted octanol–water partition coefficient (Wildman–Crippen LogP) is 3.39. The molecule has 118 valence electrons. The van der Waals surface area contributed by atoms with Gasteiger partial charge in [0.1, 0.15) is 0 Å². The van der Waals surface area contributed by atoms with E-state index >= 15 is 0 Å². The molecule has 1 aliphatic rings. The van der Waals surface area contributed by atoms with Gasteiger partial charge in [-0.3, -0.25) is 0 Å². The fraction of sp³-hybridized carbons (Fsp3) is 0.625. The van der Waals surface area contributed by atoms with Crippen molar-refractivity contribution in [3.8, 4) is 0 Å². The lowest BCUT2D eigenvalue weighted by molar-refractivity contribution is 0.262. The molecule has 1 aromatic carbocycles. The highest BCUT2D eigenvalue weighted by molar-refractivity contribution is 9.10. The molecule has 1 saturated heterocycles. The van der Waals surface area contributed by atoms with Crippen molar-refractivity contribution in [2.45, 2.75) is 18.9 Å². The Labute approximate surface area is 141 Å². The van der Waals surface area contributed by atoms with E-state index in [0.29, 0.717) is 6.04 Å². The minimum absolute atomic E-state index is 0.312. The maximum Gasteiger partial charge on any atom is 0.0465 e. The Kier molecular flexibility index (Phi) is 6.96. The highest BCUT2D eigenvalue weighted by atomic mass is 79.9. The van der Waals surface area contributed by atoms with Gasteiger partial charge in [-0.2, -0.15) is 0 Å². The molecule has 0 saturated carbocycles. The minimum Gasteiger partial charge on any atom is -0.313 e. The molecule has 2 rings (SSSR count). The zero-order valence-electron chi connectivity index (χ0n) is 12.9. The summed E-state index contributed by atoms with van der Waals surface area (Å²) < 4.78 is 1.03. The van der Waals surface area contributed by atoms with Gasteiger partial charge in [0.05, 0.1) is 0 Å². The summed E-state index contributed by atoms with van der Waals surface area (Å²) in [4.78, 5) is 4.99. The summed E-state index contributed by atoms with van der Waals surface area (Å²) in [6, 6.07) is 6.46. The maximum absolute atomic E-state index is 6.38. The topological polar surface area (TPSA) is 18.5 Å². The first kappa shape index (κ1) is 17.2. The van der Waals surface area contributed by atoms with Crippen molar-refractivity contribution in [3.05, 3.63) is 33.3 Å². The SMILES string of the molecule is CNC(CCN1CCCN(C)CC1)c1ccc(Br)cc1Cl. The van der Waals surface area contributed by atoms with Gasteiger partial charge in [-0.05, 0) is 64.3 Å². The molecule has 1 N–H and O–H groups in total. The molecule has 1 heterocycles. The highest BCUT2D eigenvalue weighted by Crippen LogP contribution is 2.28. The average molecular weight is 375 g/mol. The van der Waals surface area contributed by atoms with Crippen LogP contribution in [0, 0.1) is 0 Å². The van der Waals surface area contributed by atoms with Crippen LogP contribution in [0.4, 0.5) is 0 Å². The second kappa shape index (κ2) is 8.49. The maximum atomic E-state index is 6.38. The van der Waals surface area contributed by atoms with E-state index in [-0.39, 0.29) is 0 Å². The van der Waals surface area contributed by atoms with Gasteiger partial charge in [-0.15, -0.1) is 0 Å². The predicted molar refractivity (Wildman–Crippen MR) is 94.1 cm³/mol. The van der Waals surface area contributed by atoms with Crippen LogP contribution in [0.1, 0.15) is 24.4 Å². The molecular formula is C16H25BrClN3. The molecule has 1 atom stereocenters. The fourth-order valence-corrected chi connectivity index (χ4v) is 3.68. The van der Waals surface area contributed by atoms with Gasteiger partial charge in [0.25, 0.3) is 0 Å². The zero-order valence-corrected chi connectivity index (χ0v) is 15.3. The Morgan fingerprint density at radius 1 is 1.29 bits per heavy atom. The van der Waals surface area contributed by atoms with Crippen LogP contribution in [0.3, 0.4) is 0 Å². The first-order valence-electron chi connectivity index (χ1n) is 7.63. The summed E-state index contributed by atoms with van der Waals surface area (Å²) in [6.07, 6.45) is 2.35. The summed E-state index contributed by atoms with van der Waals surface area (Å²) in [5, 5.41) is 4.24. The quantitative estimate of drug-likeness (QED) is 0.852. The Hall–Kier alpha value is -0.130. The molecule has 1 aromatic rings. The third-order valence-electron chi connectivity index (χ3n) is 4.23. The smallest absolute Gasteiger partial charge is 0.0465 e. The van der Waals surface area contributed by atoms with E-state index in [0.717, 1.165) is 22.5 Å². The number of nitrogens with zero attached hydrogens (tertiary/aromatic N) is 2. The Morgan fingerprint density at radius 2 is 2.10 bits per heavy atom. The number of nitrogens with one attached hydrogen (secondary N) is 1. The van der Waals surface area contributed by atoms with E-state index in [9.17, 15) is 0 Å². The first-order valence-corrected chi connectivity index (χ1v) is 8.80. The molecule has 5 heteroatoms. The van der Waals surface area contributed by atoms with Gasteiger partial charge < -0.3 is 15.1 Å². The lowest BCUT2D eigenvalue weighted by Gasteiger charge is -2.24. The van der Waals surface area contributed by atoms with Gasteiger partial charge in [0.2, 0.25) is 0 Å². The van der Waals surface area contributed by atoms with Crippen molar-refractivity contribution in [1.29, 1.82) is 0 Å². The normalized spacial score (nSPS) is 19.4. The monoisotopic (exact) mass is 373 g/mol. The van der Waals surface area contributed by atoms with Crippen LogP contribution in [0.15, 0.2) is 22.7 Å². The number of halogens is 2. The van der Waals surface area contributed by atoms with Crippen LogP contribution < -0.4 is 5.32 Å². The summed E-state index contributed by atoms with van der Waals surface area (Å²) in [5.74, 6) is 0. The van der Waals surface area contributed by atoms with Crippen LogP contribution in [0.2, 0.25) is 5.02 Å². The summed E-state index contributed by atoms with van der Waals surface area (Å²) >= 11 is 9.84. The van der Waals surface area contributed by atoms with Crippen molar-refractivity contribution >= 4 is 27.5 Å². The van der Waals surface area contributed by atoms with E-state index in [1.165, 1.54) is 38.2 Å². The fourth-order valence-electron chi connectivity index (χ4n) is 2.87. The van der Waals surface area contributed by atoms with Crippen molar-refractivity contribution < 1.29 is 0 Å². The summed E-state index contributed by atoms with van der Waals surface area (Å²) in [6.45, 7) is 5.87. The lowest BCUT2D eigenvalue weighted by Crippen LogP contribution is -2.32. The number of rotatable bonds is 5. The van der Waals surface area contributed by atoms with Crippen molar-refractivity contribution in [2.75, 3.05) is 46.8 Å². The molecule has 1 aliphatic heterocycles. The van der Waals surface area contributed by atoms with Crippen LogP contribution in [-0.4, -0.2) is 56.6 Å². The molecular weight excluding hydrogens is 350 g/mol. The minimum atomic E-state index is 0.312. The number of hydrogen-bond acceptors (Lipinski definition) is 3. The van der Waals surface area contributed by atoms with E-state index in [4.69, 9.17) is 11.6 Å². The Bertz CT molecular complexity index is 455. The standard InChI is InChI=1S/C16H25BrClN3/c1-19-16(14-5-4-13(17)12-15(14)18)6-9-21-8-3-7-20(2)10-11-21/h4-5,12,16,19H,3,6-11H2,1-2H3. The molecule has 0 aliphatic carbocycles. The third-order valence-corrected chi connectivity index (χ3v) is 5.05. The largest absolute Gasteiger partial charge is 0.313 e. The first-order chi connectivity index (χ1) is 10.1. The van der Waals surface area contributed by atoms with Gasteiger partial charge in [-0.1, -0.05) is 33.6 Å². The van der Waals surface area contributed by atoms with Gasteiger partial charge in [0.15, 0.2) is 0 Å². The molecule has 0 amide bonds. The van der Waals surface area contributed by atoms with Gasteiger partial charge in [0, 0.05) is 28.6 Å². The Balaban J connectivity index is 1.93. The lowest BCUT2D eigenvalue weighted by atomic mass is 10.0. The van der Waals surface area contributed by atoms with Crippen molar-refractivity contribution in [1.82, 2.24) is 15.1 Å². The molecule has 1 fully saturated rings. The van der Waals surface area contributed by atoms with Crippen molar-refractivity contribution in [3.63, 3.8) is 0 Å². The van der Waals surface area contributed by atoms with Crippen LogP contribution >= 0.6 is 27.5 Å². The van der Waals surface area contributed by atoms with Crippen LogP contribution in [-0.2, 0) is 0 Å². The summed E-state index contributed by atoms with van der Waals surface area (Å²) in [7, 11) is 4.22. The van der Waals surface area contributed by atoms with Crippen LogP contribution in [0.25, 0.3) is 0 Å². The molecule has 0 spiro atoms. The van der Waals surface area contributed by atoms with E-state index in [1.807, 2.05) is 13.1 Å². The van der Waals surface area contributed by atoms with E-state index < -0.39 is 0 Å². The molecule has 0 aromatic heterocycles. The highest BCUT2D eigenvalue weighted by Gasteiger charge is 2.16. The molecule has 3 nitrogen and oxygen atoms in total. The summed E-state index contributed by atoms with van der Waals surface area (Å²) in [5.41, 5.74) is 1.19. The van der Waals surface area contributed by atoms with E-state index in [1.54, 1.807) is 0 Å². The molecule has 0 bridgehead atoms. The Morgan fingerprint density at radius 3 is 2.81 bits per heavy atom. The number of likely N-dealkylation sites (N-methyl/N-ethyl adjacent to an activating group) is 1. The molecule has 21 heavy (non-hydrogen) atoms. The second-order valence-electron chi connectivity index (χ2n) is 5.79. The second-order valence-corrected chi connectivity index (χ2v) is 7.12. The van der Waals surface area contributed by atoms with Crippen LogP contribution in [0.5, 0.6) is 0 Å². The van der Waals surface area contributed by atoms with Crippen molar-refractivity contribution in [2.24, 2.45) is 0 Å². The van der Waals surface area contributed by atoms with Gasteiger partial charge >= 0.3 is 0 Å². The third kappa shape index (κ3) is 5.22. The molecule has 0 radical (unpaired) electrons. The zero-order chi connectivity index (χ0) is 15.2. The number of benzene rings is 1. The number of hydrogen-bond donors (Lipinski definition) is 1.